The van der Waals surface area contributed by atoms with Gasteiger partial charge in [-0.1, -0.05) is 87.4 Å². The fourth-order valence-electron chi connectivity index (χ4n) is 2.86. The summed E-state index contributed by atoms with van der Waals surface area (Å²) in [6.07, 6.45) is 2.19. The zero-order valence-electron chi connectivity index (χ0n) is 14.3. The first-order chi connectivity index (χ1) is 11.5. The van der Waals surface area contributed by atoms with E-state index >= 15 is 0 Å². The first-order valence-corrected chi connectivity index (χ1v) is 10.2. The summed E-state index contributed by atoms with van der Waals surface area (Å²) in [4.78, 5) is 13.3. The zero-order valence-corrected chi connectivity index (χ0v) is 15.2. The van der Waals surface area contributed by atoms with Crippen LogP contribution in [0.5, 0.6) is 0 Å². The number of aliphatic hydroxyl groups is 1. The highest BCUT2D eigenvalue weighted by Crippen LogP contribution is 2.49. The van der Waals surface area contributed by atoms with E-state index in [-0.39, 0.29) is 6.42 Å². The predicted octanol–water partition coefficient (Wildman–Crippen LogP) is 3.86. The lowest BCUT2D eigenvalue weighted by Gasteiger charge is -2.30. The maximum Gasteiger partial charge on any atom is 0.231 e. The highest BCUT2D eigenvalue weighted by atomic mass is 31.2. The first kappa shape index (κ1) is 18.6. The van der Waals surface area contributed by atoms with Crippen LogP contribution < -0.4 is 10.6 Å². The van der Waals surface area contributed by atoms with Gasteiger partial charge in [0.05, 0.1) is 0 Å². The van der Waals surface area contributed by atoms with Crippen LogP contribution in [0.3, 0.4) is 0 Å². The molecule has 1 atom stereocenters. The van der Waals surface area contributed by atoms with Gasteiger partial charge in [-0.15, -0.1) is 0 Å². The van der Waals surface area contributed by atoms with Crippen LogP contribution in [0.15, 0.2) is 60.7 Å². The summed E-state index contributed by atoms with van der Waals surface area (Å²) in [5.41, 5.74) is -2.11. The normalized spacial score (nSPS) is 14.1. The third-order valence-corrected chi connectivity index (χ3v) is 7.49. The van der Waals surface area contributed by atoms with E-state index in [1.807, 2.05) is 19.1 Å². The lowest BCUT2D eigenvalue weighted by atomic mass is 9.95. The van der Waals surface area contributed by atoms with E-state index in [2.05, 4.69) is 0 Å². The second kappa shape index (κ2) is 7.92. The van der Waals surface area contributed by atoms with Gasteiger partial charge in [0.2, 0.25) is 12.7 Å². The van der Waals surface area contributed by atoms with Gasteiger partial charge in [-0.3, -0.25) is 4.79 Å². The molecule has 2 rings (SSSR count). The number of carbonyl (C=O) groups is 1. The van der Waals surface area contributed by atoms with Crippen LogP contribution >= 0.6 is 7.14 Å². The molecule has 24 heavy (non-hydrogen) atoms. The van der Waals surface area contributed by atoms with E-state index in [4.69, 9.17) is 0 Å². The van der Waals surface area contributed by atoms with E-state index in [9.17, 15) is 14.5 Å². The Kier molecular flexibility index (Phi) is 6.15. The van der Waals surface area contributed by atoms with Crippen molar-refractivity contribution in [3.63, 3.8) is 0 Å². The Morgan fingerprint density at radius 2 is 1.42 bits per heavy atom. The maximum absolute atomic E-state index is 14.0. The molecule has 0 amide bonds. The molecule has 128 valence electrons. The van der Waals surface area contributed by atoms with Crippen molar-refractivity contribution in [1.29, 1.82) is 0 Å². The Labute approximate surface area is 144 Å². The fourth-order valence-corrected chi connectivity index (χ4v) is 5.66. The van der Waals surface area contributed by atoms with Crippen molar-refractivity contribution in [2.75, 3.05) is 0 Å². The highest BCUT2D eigenvalue weighted by Gasteiger charge is 2.47. The second-order valence-corrected chi connectivity index (χ2v) is 8.73. The smallest absolute Gasteiger partial charge is 0.231 e. The summed E-state index contributed by atoms with van der Waals surface area (Å²) in [7, 11) is -3.58. The fraction of sp³-hybridized carbons (Fsp3) is 0.350. The summed E-state index contributed by atoms with van der Waals surface area (Å²) in [5.74, 6) is 0. The maximum atomic E-state index is 14.0. The van der Waals surface area contributed by atoms with E-state index in [1.165, 1.54) is 0 Å². The Hall–Kier alpha value is -1.70. The molecule has 2 aromatic carbocycles. The van der Waals surface area contributed by atoms with Gasteiger partial charge in [-0.05, 0) is 12.8 Å². The molecule has 0 fully saturated rings. The molecule has 1 N–H and O–H groups in total. The topological polar surface area (TPSA) is 54.4 Å². The molecule has 0 radical (unpaired) electrons. The highest BCUT2D eigenvalue weighted by molar-refractivity contribution is 7.93. The van der Waals surface area contributed by atoms with Gasteiger partial charge in [-0.2, -0.15) is 0 Å². The summed E-state index contributed by atoms with van der Waals surface area (Å²) in [6.45, 7) is 3.78. The first-order valence-electron chi connectivity index (χ1n) is 8.47. The quantitative estimate of drug-likeness (QED) is 0.740. The molecule has 1 unspecified atom stereocenters. The van der Waals surface area contributed by atoms with Crippen molar-refractivity contribution in [3.05, 3.63) is 60.7 Å². The molecule has 0 aliphatic carbocycles. The number of benzene rings is 2. The van der Waals surface area contributed by atoms with Gasteiger partial charge in [0, 0.05) is 10.6 Å². The Morgan fingerprint density at radius 1 is 0.958 bits per heavy atom. The second-order valence-electron chi connectivity index (χ2n) is 6.07. The zero-order chi connectivity index (χ0) is 17.6. The van der Waals surface area contributed by atoms with Gasteiger partial charge < -0.3 is 9.67 Å². The summed E-state index contributed by atoms with van der Waals surface area (Å²) >= 11 is 0. The Morgan fingerprint density at radius 3 is 1.79 bits per heavy atom. The molecule has 0 spiro atoms. The average molecular weight is 344 g/mol. The van der Waals surface area contributed by atoms with Crippen molar-refractivity contribution in [2.24, 2.45) is 0 Å². The molecule has 4 heteroatoms. The van der Waals surface area contributed by atoms with E-state index < -0.39 is 18.3 Å². The molecule has 0 aliphatic rings. The molecule has 0 heterocycles. The van der Waals surface area contributed by atoms with Crippen LogP contribution in [0, 0.1) is 0 Å². The summed E-state index contributed by atoms with van der Waals surface area (Å²) in [5, 5.41) is 11.9. The lowest BCUT2D eigenvalue weighted by Crippen LogP contribution is -2.41. The predicted molar refractivity (Wildman–Crippen MR) is 99.5 cm³/mol. The van der Waals surface area contributed by atoms with E-state index in [0.29, 0.717) is 17.0 Å². The summed E-state index contributed by atoms with van der Waals surface area (Å²) in [6, 6.07) is 17.6. The van der Waals surface area contributed by atoms with Gasteiger partial charge >= 0.3 is 0 Å². The van der Waals surface area contributed by atoms with Gasteiger partial charge in [0.25, 0.3) is 0 Å². The van der Waals surface area contributed by atoms with Crippen molar-refractivity contribution in [2.45, 2.75) is 45.1 Å². The minimum Gasteiger partial charge on any atom is -0.382 e. The van der Waals surface area contributed by atoms with Crippen molar-refractivity contribution in [1.82, 2.24) is 0 Å². The van der Waals surface area contributed by atoms with Crippen molar-refractivity contribution in [3.8, 4) is 0 Å². The van der Waals surface area contributed by atoms with Crippen LogP contribution in [-0.2, 0) is 9.36 Å². The molecule has 2 aromatic rings. The van der Waals surface area contributed by atoms with Crippen LogP contribution in [0.4, 0.5) is 0 Å². The number of hydrogen-bond acceptors (Lipinski definition) is 3. The number of hydrogen-bond donors (Lipinski definition) is 1. The molecule has 0 aliphatic heterocycles. The molecular weight excluding hydrogens is 319 g/mol. The van der Waals surface area contributed by atoms with Crippen molar-refractivity contribution < 1.29 is 14.5 Å². The average Bonchev–Trinajstić information content (AvgIpc) is 2.66. The molecular formula is C20H25O3P. The SMILES string of the molecule is CCCCC(O)(CC)C(=O)P(=O)(c1ccccc1)c1ccccc1. The Bertz CT molecular complexity index is 669. The van der Waals surface area contributed by atoms with Gasteiger partial charge in [0.1, 0.15) is 5.60 Å². The van der Waals surface area contributed by atoms with Gasteiger partial charge in [-0.25, -0.2) is 0 Å². The van der Waals surface area contributed by atoms with Crippen molar-refractivity contribution >= 4 is 23.3 Å². The van der Waals surface area contributed by atoms with Crippen LogP contribution in [0.1, 0.15) is 39.5 Å². The van der Waals surface area contributed by atoms with E-state index in [1.54, 1.807) is 55.5 Å². The lowest BCUT2D eigenvalue weighted by molar-refractivity contribution is -0.129. The number of rotatable bonds is 8. The molecule has 3 nitrogen and oxygen atoms in total. The largest absolute Gasteiger partial charge is 0.382 e. The minimum absolute atomic E-state index is 0.259. The molecule has 0 aromatic heterocycles. The minimum atomic E-state index is -3.58. The Balaban J connectivity index is 2.59. The molecule has 0 bridgehead atoms. The van der Waals surface area contributed by atoms with Crippen LogP contribution in [0.2, 0.25) is 0 Å². The third kappa shape index (κ3) is 3.53. The molecule has 0 saturated heterocycles. The van der Waals surface area contributed by atoms with Crippen LogP contribution in [0.25, 0.3) is 0 Å². The van der Waals surface area contributed by atoms with E-state index in [0.717, 1.165) is 12.8 Å². The summed E-state index contributed by atoms with van der Waals surface area (Å²) < 4.78 is 14.0. The number of carbonyl (C=O) groups excluding carboxylic acids is 1. The standard InChI is InChI=1S/C20H25O3P/c1-3-5-16-20(22,4-2)19(21)24(23,17-12-8-6-9-13-17)18-14-10-7-11-15-18/h6-15,22H,3-5,16H2,1-2H3. The van der Waals surface area contributed by atoms with Crippen LogP contribution in [-0.4, -0.2) is 16.2 Å². The third-order valence-electron chi connectivity index (χ3n) is 4.45. The van der Waals surface area contributed by atoms with Gasteiger partial charge in [0.15, 0.2) is 0 Å². The number of unbranched alkanes of at least 4 members (excludes halogenated alkanes) is 1. The molecule has 0 saturated carbocycles. The monoisotopic (exact) mass is 344 g/mol.